The lowest BCUT2D eigenvalue weighted by Gasteiger charge is -2.35. The Morgan fingerprint density at radius 1 is 1.18 bits per heavy atom. The number of anilines is 3. The van der Waals surface area contributed by atoms with Gasteiger partial charge in [0.2, 0.25) is 0 Å². The predicted octanol–water partition coefficient (Wildman–Crippen LogP) is 4.17. The number of rotatable bonds is 8. The number of hydrogen-bond donors (Lipinski definition) is 2. The minimum Gasteiger partial charge on any atom is -0.493 e. The van der Waals surface area contributed by atoms with Crippen molar-refractivity contribution in [3.8, 4) is 23.1 Å². The zero-order chi connectivity index (χ0) is 28.2. The van der Waals surface area contributed by atoms with Crippen LogP contribution in [0.25, 0.3) is 11.3 Å². The molecule has 4 N–H and O–H groups in total. The van der Waals surface area contributed by atoms with E-state index in [2.05, 4.69) is 19.8 Å². The van der Waals surface area contributed by atoms with Crippen molar-refractivity contribution in [1.29, 1.82) is 5.26 Å². The minimum atomic E-state index is -4.66. The number of alkyl halides is 3. The Kier molecular flexibility index (Phi) is 8.64. The third-order valence-electron chi connectivity index (χ3n) is 6.39. The SMILES string of the molecule is CN(N)c1cc(-c2ccc(OCCCN3CCN(c4ncccc4Cl)CC3)c(C(F)(F)F)c2)nc(C#N)c1N. The Bertz CT molecular complexity index is 1350. The van der Waals surface area contributed by atoms with Gasteiger partial charge >= 0.3 is 6.18 Å². The van der Waals surface area contributed by atoms with Crippen molar-refractivity contribution in [2.45, 2.75) is 12.6 Å². The number of aromatic nitrogens is 2. The fraction of sp³-hybridized carbons (Fsp3) is 0.346. The maximum absolute atomic E-state index is 13.9. The minimum absolute atomic E-state index is 0.0455. The van der Waals surface area contributed by atoms with Crippen molar-refractivity contribution < 1.29 is 17.9 Å². The van der Waals surface area contributed by atoms with E-state index in [-0.39, 0.29) is 40.7 Å². The van der Waals surface area contributed by atoms with E-state index in [4.69, 9.17) is 27.9 Å². The molecule has 2 aromatic heterocycles. The van der Waals surface area contributed by atoms with Gasteiger partial charge in [0.25, 0.3) is 0 Å². The number of hydrogen-bond acceptors (Lipinski definition) is 9. The summed E-state index contributed by atoms with van der Waals surface area (Å²) in [6.45, 7) is 3.89. The number of nitrogens with zero attached hydrogens (tertiary/aromatic N) is 6. The third kappa shape index (κ3) is 6.62. The molecule has 0 atom stereocenters. The van der Waals surface area contributed by atoms with Crippen LogP contribution in [-0.2, 0) is 6.18 Å². The lowest BCUT2D eigenvalue weighted by molar-refractivity contribution is -0.138. The van der Waals surface area contributed by atoms with Gasteiger partial charge in [0.1, 0.15) is 17.6 Å². The fourth-order valence-corrected chi connectivity index (χ4v) is 4.61. The Balaban J connectivity index is 1.39. The van der Waals surface area contributed by atoms with E-state index in [0.717, 1.165) is 38.1 Å². The largest absolute Gasteiger partial charge is 0.493 e. The summed E-state index contributed by atoms with van der Waals surface area (Å²) in [6, 6.07) is 10.6. The molecule has 206 valence electrons. The smallest absolute Gasteiger partial charge is 0.419 e. The molecule has 39 heavy (non-hydrogen) atoms. The van der Waals surface area contributed by atoms with Crippen molar-refractivity contribution in [2.75, 3.05) is 62.0 Å². The second kappa shape index (κ2) is 11.9. The van der Waals surface area contributed by atoms with Gasteiger partial charge in [-0.15, -0.1) is 0 Å². The Labute approximate surface area is 229 Å². The first-order chi connectivity index (χ1) is 18.6. The molecule has 0 saturated carbocycles. The molecule has 0 radical (unpaired) electrons. The first-order valence-corrected chi connectivity index (χ1v) is 12.6. The normalized spacial score (nSPS) is 14.2. The van der Waals surface area contributed by atoms with Crippen LogP contribution in [0.5, 0.6) is 5.75 Å². The number of ether oxygens (including phenoxy) is 1. The first-order valence-electron chi connectivity index (χ1n) is 12.2. The van der Waals surface area contributed by atoms with Gasteiger partial charge in [0, 0.05) is 51.5 Å². The summed E-state index contributed by atoms with van der Waals surface area (Å²) in [5, 5.41) is 11.1. The molecule has 3 aromatic rings. The van der Waals surface area contributed by atoms with Crippen molar-refractivity contribution in [2.24, 2.45) is 5.84 Å². The molecule has 4 rings (SSSR count). The zero-order valence-corrected chi connectivity index (χ0v) is 22.0. The van der Waals surface area contributed by atoms with Gasteiger partial charge in [-0.2, -0.15) is 18.4 Å². The summed E-state index contributed by atoms with van der Waals surface area (Å²) >= 11 is 6.24. The number of piperazine rings is 1. The first kappa shape index (κ1) is 28.2. The standard InChI is InChI=1S/C26H28ClF3N8O/c1-36(33)22-15-20(35-21(16-31)24(22)32)17-5-6-23(18(14-17)26(28,29)30)39-13-3-8-37-9-11-38(12-10-37)25-19(27)4-2-7-34-25/h2,4-7,14-15H,3,8-13,32-33H2,1H3. The second-order valence-electron chi connectivity index (χ2n) is 9.06. The molecule has 13 heteroatoms. The number of nitrogens with two attached hydrogens (primary N) is 2. The van der Waals surface area contributed by atoms with Gasteiger partial charge < -0.3 is 20.4 Å². The Morgan fingerprint density at radius 3 is 2.56 bits per heavy atom. The van der Waals surface area contributed by atoms with Gasteiger partial charge in [-0.25, -0.2) is 15.8 Å². The number of halogens is 4. The maximum Gasteiger partial charge on any atom is 0.419 e. The number of nitrogen functional groups attached to an aromatic ring is 1. The summed E-state index contributed by atoms with van der Waals surface area (Å²) in [6.07, 6.45) is -2.40. The van der Waals surface area contributed by atoms with Crippen LogP contribution in [0.1, 0.15) is 17.7 Å². The number of nitriles is 1. The molecule has 1 aliphatic rings. The van der Waals surface area contributed by atoms with Crippen LogP contribution in [-0.4, -0.2) is 61.2 Å². The summed E-state index contributed by atoms with van der Waals surface area (Å²) < 4.78 is 47.4. The van der Waals surface area contributed by atoms with Crippen molar-refractivity contribution in [3.63, 3.8) is 0 Å². The monoisotopic (exact) mass is 560 g/mol. The molecule has 0 amide bonds. The van der Waals surface area contributed by atoms with Crippen LogP contribution < -0.4 is 26.2 Å². The van der Waals surface area contributed by atoms with E-state index in [0.29, 0.717) is 18.0 Å². The summed E-state index contributed by atoms with van der Waals surface area (Å²) in [5.74, 6) is 6.26. The Morgan fingerprint density at radius 2 is 1.92 bits per heavy atom. The van der Waals surface area contributed by atoms with E-state index in [1.54, 1.807) is 18.3 Å². The molecule has 0 unspecified atom stereocenters. The molecule has 9 nitrogen and oxygen atoms in total. The average Bonchev–Trinajstić information content (AvgIpc) is 2.91. The van der Waals surface area contributed by atoms with Crippen LogP contribution >= 0.6 is 11.6 Å². The topological polar surface area (TPSA) is 121 Å². The van der Waals surface area contributed by atoms with E-state index in [9.17, 15) is 18.4 Å². The van der Waals surface area contributed by atoms with Gasteiger partial charge in [0.15, 0.2) is 5.69 Å². The molecule has 0 aliphatic carbocycles. The highest BCUT2D eigenvalue weighted by Gasteiger charge is 2.35. The molecule has 1 saturated heterocycles. The number of pyridine rings is 2. The zero-order valence-electron chi connectivity index (χ0n) is 21.2. The summed E-state index contributed by atoms with van der Waals surface area (Å²) in [7, 11) is 1.50. The second-order valence-corrected chi connectivity index (χ2v) is 9.47. The highest BCUT2D eigenvalue weighted by Crippen LogP contribution is 2.39. The summed E-state index contributed by atoms with van der Waals surface area (Å²) in [4.78, 5) is 12.8. The van der Waals surface area contributed by atoms with Crippen LogP contribution in [0, 0.1) is 11.3 Å². The molecule has 1 fully saturated rings. The van der Waals surface area contributed by atoms with E-state index >= 15 is 0 Å². The highest BCUT2D eigenvalue weighted by atomic mass is 35.5. The van der Waals surface area contributed by atoms with Crippen LogP contribution in [0.15, 0.2) is 42.6 Å². The molecule has 0 spiro atoms. The quantitative estimate of drug-likeness (QED) is 0.237. The molecule has 0 bridgehead atoms. The molecular weight excluding hydrogens is 533 g/mol. The summed E-state index contributed by atoms with van der Waals surface area (Å²) in [5.41, 5.74) is 5.46. The number of hydrazine groups is 1. The Hall–Kier alpha value is -3.79. The van der Waals surface area contributed by atoms with Gasteiger partial charge in [-0.3, -0.25) is 4.90 Å². The van der Waals surface area contributed by atoms with Gasteiger partial charge in [-0.1, -0.05) is 11.6 Å². The lowest BCUT2D eigenvalue weighted by atomic mass is 10.0. The van der Waals surface area contributed by atoms with Gasteiger partial charge in [-0.05, 0) is 42.8 Å². The molecule has 3 heterocycles. The maximum atomic E-state index is 13.9. The van der Waals surface area contributed by atoms with E-state index < -0.39 is 11.7 Å². The lowest BCUT2D eigenvalue weighted by Crippen LogP contribution is -2.47. The van der Waals surface area contributed by atoms with Gasteiger partial charge in [0.05, 0.1) is 34.3 Å². The predicted molar refractivity (Wildman–Crippen MR) is 144 cm³/mol. The van der Waals surface area contributed by atoms with Crippen molar-refractivity contribution in [1.82, 2.24) is 14.9 Å². The van der Waals surface area contributed by atoms with Crippen LogP contribution in [0.4, 0.5) is 30.4 Å². The van der Waals surface area contributed by atoms with Crippen molar-refractivity contribution in [3.05, 3.63) is 58.9 Å². The average molecular weight is 561 g/mol. The molecular formula is C26H28ClF3N8O. The third-order valence-corrected chi connectivity index (χ3v) is 6.69. The molecule has 1 aliphatic heterocycles. The van der Waals surface area contributed by atoms with E-state index in [1.807, 2.05) is 6.07 Å². The fourth-order valence-electron chi connectivity index (χ4n) is 4.37. The van der Waals surface area contributed by atoms with E-state index in [1.165, 1.54) is 30.3 Å². The van der Waals surface area contributed by atoms with Crippen molar-refractivity contribution >= 4 is 28.8 Å². The van der Waals surface area contributed by atoms with Crippen LogP contribution in [0.3, 0.4) is 0 Å². The highest BCUT2D eigenvalue weighted by molar-refractivity contribution is 6.32. The molecule has 1 aromatic carbocycles. The van der Waals surface area contributed by atoms with Crippen LogP contribution in [0.2, 0.25) is 5.02 Å². The number of benzene rings is 1.